The minimum absolute atomic E-state index is 0.0503. The highest BCUT2D eigenvalue weighted by Crippen LogP contribution is 2.30. The molecule has 0 heterocycles. The monoisotopic (exact) mass is 424 g/mol. The minimum atomic E-state index is -3.83. The van der Waals surface area contributed by atoms with Gasteiger partial charge in [0.25, 0.3) is 0 Å². The van der Waals surface area contributed by atoms with Crippen molar-refractivity contribution >= 4 is 62.1 Å². The van der Waals surface area contributed by atoms with Crippen molar-refractivity contribution in [2.24, 2.45) is 0 Å². The summed E-state index contributed by atoms with van der Waals surface area (Å²) in [5.74, 6) is -1.38. The van der Waals surface area contributed by atoms with Gasteiger partial charge >= 0.3 is 0 Å². The largest absolute Gasteiger partial charge is 0.322 e. The van der Waals surface area contributed by atoms with E-state index >= 15 is 0 Å². The summed E-state index contributed by atoms with van der Waals surface area (Å²) >= 11 is 17.6. The van der Waals surface area contributed by atoms with Crippen LogP contribution < -0.4 is 9.62 Å². The molecule has 0 bridgehead atoms. The maximum absolute atomic E-state index is 13.3. The van der Waals surface area contributed by atoms with Gasteiger partial charge in [0.1, 0.15) is 12.4 Å². The van der Waals surface area contributed by atoms with Crippen LogP contribution in [0.5, 0.6) is 0 Å². The third-order valence-corrected chi connectivity index (χ3v) is 5.17. The fourth-order valence-corrected chi connectivity index (χ4v) is 3.48. The summed E-state index contributed by atoms with van der Waals surface area (Å²) in [6.45, 7) is -0.567. The number of amides is 1. The zero-order valence-electron chi connectivity index (χ0n) is 12.8. The molecule has 2 rings (SSSR count). The minimum Gasteiger partial charge on any atom is -0.322 e. The third-order valence-electron chi connectivity index (χ3n) is 3.11. The normalized spacial score (nSPS) is 11.2. The highest BCUT2D eigenvalue weighted by atomic mass is 35.5. The van der Waals surface area contributed by atoms with Crippen LogP contribution in [0.2, 0.25) is 15.1 Å². The Morgan fingerprint density at radius 2 is 1.72 bits per heavy atom. The number of hydrogen-bond acceptors (Lipinski definition) is 3. The molecule has 1 amide bonds. The van der Waals surface area contributed by atoms with Gasteiger partial charge in [-0.3, -0.25) is 9.10 Å². The Morgan fingerprint density at radius 1 is 1.12 bits per heavy atom. The fraction of sp³-hybridized carbons (Fsp3) is 0.133. The lowest BCUT2D eigenvalue weighted by molar-refractivity contribution is -0.114. The number of para-hydroxylation sites is 1. The number of anilines is 2. The number of benzene rings is 2. The van der Waals surface area contributed by atoms with Gasteiger partial charge in [0.2, 0.25) is 15.9 Å². The molecule has 5 nitrogen and oxygen atoms in total. The van der Waals surface area contributed by atoms with Gasteiger partial charge in [-0.1, -0.05) is 40.9 Å². The molecule has 0 radical (unpaired) electrons. The Labute approximate surface area is 159 Å². The molecule has 0 aliphatic heterocycles. The standard InChI is InChI=1S/C15H12Cl3FN2O3S/c1-25(23,24)21(9-5-6-13(19)12(18)7-9)8-14(22)20-15-10(16)3-2-4-11(15)17/h2-7H,8H2,1H3,(H,20,22). The molecule has 0 spiro atoms. The van der Waals surface area contributed by atoms with Gasteiger partial charge in [-0.05, 0) is 30.3 Å². The van der Waals surface area contributed by atoms with Crippen LogP contribution in [0, 0.1) is 5.82 Å². The molecule has 0 aliphatic carbocycles. The van der Waals surface area contributed by atoms with Crippen molar-refractivity contribution in [1.82, 2.24) is 0 Å². The summed E-state index contributed by atoms with van der Waals surface area (Å²) in [5.41, 5.74) is 0.218. The van der Waals surface area contributed by atoms with E-state index in [-0.39, 0.29) is 26.4 Å². The molecule has 1 N–H and O–H groups in total. The van der Waals surface area contributed by atoms with Crippen LogP contribution in [-0.2, 0) is 14.8 Å². The molecule has 2 aromatic rings. The fourth-order valence-electron chi connectivity index (χ4n) is 1.97. The summed E-state index contributed by atoms with van der Waals surface area (Å²) < 4.78 is 38.1. The van der Waals surface area contributed by atoms with E-state index in [0.29, 0.717) is 0 Å². The molecule has 0 atom stereocenters. The first-order valence-electron chi connectivity index (χ1n) is 6.76. The number of halogens is 4. The Morgan fingerprint density at radius 3 is 2.24 bits per heavy atom. The van der Waals surface area contributed by atoms with Gasteiger partial charge in [-0.25, -0.2) is 12.8 Å². The van der Waals surface area contributed by atoms with Crippen molar-refractivity contribution in [3.8, 4) is 0 Å². The van der Waals surface area contributed by atoms with Gasteiger partial charge in [-0.15, -0.1) is 0 Å². The molecule has 0 aliphatic rings. The van der Waals surface area contributed by atoms with E-state index in [1.165, 1.54) is 18.2 Å². The van der Waals surface area contributed by atoms with Gasteiger partial charge in [0.05, 0.1) is 32.7 Å². The maximum atomic E-state index is 13.3. The molecular formula is C15H12Cl3FN2O3S. The first-order chi connectivity index (χ1) is 11.6. The third kappa shape index (κ3) is 4.98. The number of rotatable bonds is 5. The van der Waals surface area contributed by atoms with Gasteiger partial charge < -0.3 is 5.32 Å². The van der Waals surface area contributed by atoms with Crippen molar-refractivity contribution in [3.63, 3.8) is 0 Å². The van der Waals surface area contributed by atoms with Crippen molar-refractivity contribution in [3.05, 3.63) is 57.3 Å². The summed E-state index contributed by atoms with van der Waals surface area (Å²) in [4.78, 5) is 12.3. The van der Waals surface area contributed by atoms with Gasteiger partial charge in [0.15, 0.2) is 0 Å². The lowest BCUT2D eigenvalue weighted by atomic mass is 10.3. The predicted molar refractivity (Wildman–Crippen MR) is 98.7 cm³/mol. The summed E-state index contributed by atoms with van der Waals surface area (Å²) in [5, 5.41) is 2.61. The number of nitrogens with zero attached hydrogens (tertiary/aromatic N) is 1. The first kappa shape index (κ1) is 19.8. The molecule has 25 heavy (non-hydrogen) atoms. The van der Waals surface area contributed by atoms with E-state index in [2.05, 4.69) is 5.32 Å². The molecule has 134 valence electrons. The second-order valence-corrected chi connectivity index (χ2v) is 8.14. The van der Waals surface area contributed by atoms with Crippen molar-refractivity contribution < 1.29 is 17.6 Å². The average Bonchev–Trinajstić information content (AvgIpc) is 2.50. The van der Waals surface area contributed by atoms with Crippen molar-refractivity contribution in [2.75, 3.05) is 22.4 Å². The number of sulfonamides is 1. The van der Waals surface area contributed by atoms with Crippen LogP contribution in [0.1, 0.15) is 0 Å². The second kappa shape index (κ2) is 7.78. The number of hydrogen-bond donors (Lipinski definition) is 1. The Bertz CT molecular complexity index is 902. The van der Waals surface area contributed by atoms with Crippen LogP contribution in [0.3, 0.4) is 0 Å². The van der Waals surface area contributed by atoms with E-state index in [9.17, 15) is 17.6 Å². The molecule has 10 heteroatoms. The lowest BCUT2D eigenvalue weighted by Gasteiger charge is -2.22. The van der Waals surface area contributed by atoms with E-state index in [1.54, 1.807) is 6.07 Å². The number of nitrogens with one attached hydrogen (secondary N) is 1. The van der Waals surface area contributed by atoms with Crippen molar-refractivity contribution in [1.29, 1.82) is 0 Å². The quantitative estimate of drug-likeness (QED) is 0.781. The lowest BCUT2D eigenvalue weighted by Crippen LogP contribution is -2.37. The van der Waals surface area contributed by atoms with E-state index in [0.717, 1.165) is 22.7 Å². The summed E-state index contributed by atoms with van der Waals surface area (Å²) in [6, 6.07) is 7.99. The molecular weight excluding hydrogens is 414 g/mol. The zero-order chi connectivity index (χ0) is 18.8. The maximum Gasteiger partial charge on any atom is 0.245 e. The molecule has 0 saturated carbocycles. The summed E-state index contributed by atoms with van der Waals surface area (Å²) in [6.07, 6.45) is 0.917. The highest BCUT2D eigenvalue weighted by molar-refractivity contribution is 7.92. The smallest absolute Gasteiger partial charge is 0.245 e. The van der Waals surface area contributed by atoms with Crippen molar-refractivity contribution in [2.45, 2.75) is 0 Å². The Hall–Kier alpha value is -1.54. The molecule has 0 unspecified atom stereocenters. The summed E-state index contributed by atoms with van der Waals surface area (Å²) in [7, 11) is -3.83. The van der Waals surface area contributed by atoms with E-state index in [4.69, 9.17) is 34.8 Å². The predicted octanol–water partition coefficient (Wildman–Crippen LogP) is 4.19. The van der Waals surface area contributed by atoms with Crippen LogP contribution >= 0.6 is 34.8 Å². The Kier molecular flexibility index (Phi) is 6.16. The average molecular weight is 426 g/mol. The van der Waals surface area contributed by atoms with Crippen LogP contribution in [0.25, 0.3) is 0 Å². The van der Waals surface area contributed by atoms with Gasteiger partial charge in [-0.2, -0.15) is 0 Å². The molecule has 2 aromatic carbocycles. The number of carbonyl (C=O) groups excluding carboxylic acids is 1. The second-order valence-electron chi connectivity index (χ2n) is 5.01. The number of carbonyl (C=O) groups is 1. The highest BCUT2D eigenvalue weighted by Gasteiger charge is 2.22. The molecule has 0 saturated heterocycles. The first-order valence-corrected chi connectivity index (χ1v) is 9.74. The SMILES string of the molecule is CS(=O)(=O)N(CC(=O)Nc1c(Cl)cccc1Cl)c1ccc(F)c(Cl)c1. The van der Waals surface area contributed by atoms with Gasteiger partial charge in [0, 0.05) is 0 Å². The van der Waals surface area contributed by atoms with Crippen LogP contribution in [0.4, 0.5) is 15.8 Å². The topological polar surface area (TPSA) is 66.5 Å². The van der Waals surface area contributed by atoms with E-state index < -0.39 is 28.3 Å². The van der Waals surface area contributed by atoms with E-state index in [1.807, 2.05) is 0 Å². The Balaban J connectivity index is 2.29. The van der Waals surface area contributed by atoms with Crippen LogP contribution in [-0.4, -0.2) is 27.1 Å². The molecule has 0 fully saturated rings. The van der Waals surface area contributed by atoms with Crippen LogP contribution in [0.15, 0.2) is 36.4 Å². The zero-order valence-corrected chi connectivity index (χ0v) is 15.8. The molecule has 0 aromatic heterocycles.